The molecular formula is C16H30N2O. The van der Waals surface area contributed by atoms with Crippen molar-refractivity contribution in [3.63, 3.8) is 0 Å². The van der Waals surface area contributed by atoms with Crippen LogP contribution >= 0.6 is 0 Å². The monoisotopic (exact) mass is 266 g/mol. The lowest BCUT2D eigenvalue weighted by molar-refractivity contribution is -0.121. The molecule has 2 N–H and O–H groups in total. The molecule has 0 aromatic heterocycles. The van der Waals surface area contributed by atoms with Crippen molar-refractivity contribution in [2.24, 2.45) is 5.92 Å². The van der Waals surface area contributed by atoms with Gasteiger partial charge in [0.25, 0.3) is 0 Å². The van der Waals surface area contributed by atoms with Gasteiger partial charge in [0, 0.05) is 12.1 Å². The van der Waals surface area contributed by atoms with Crippen LogP contribution in [0, 0.1) is 5.92 Å². The Morgan fingerprint density at radius 3 is 2.21 bits per heavy atom. The zero-order valence-corrected chi connectivity index (χ0v) is 12.4. The fourth-order valence-electron chi connectivity index (χ4n) is 3.58. The average molecular weight is 266 g/mol. The maximum absolute atomic E-state index is 11.9. The number of carbonyl (C=O) groups is 1. The SMILES string of the molecule is CC(NCC(=O)NC1CCCCC1)C1CCCCC1. The molecule has 110 valence electrons. The highest BCUT2D eigenvalue weighted by atomic mass is 16.1. The molecule has 1 atom stereocenters. The fraction of sp³-hybridized carbons (Fsp3) is 0.938. The maximum Gasteiger partial charge on any atom is 0.234 e. The van der Waals surface area contributed by atoms with Gasteiger partial charge in [-0.15, -0.1) is 0 Å². The first-order valence-electron chi connectivity index (χ1n) is 8.28. The van der Waals surface area contributed by atoms with Gasteiger partial charge >= 0.3 is 0 Å². The largest absolute Gasteiger partial charge is 0.352 e. The second kappa shape index (κ2) is 7.88. The van der Waals surface area contributed by atoms with Gasteiger partial charge in [-0.1, -0.05) is 38.5 Å². The van der Waals surface area contributed by atoms with Gasteiger partial charge in [-0.3, -0.25) is 4.79 Å². The van der Waals surface area contributed by atoms with Gasteiger partial charge in [0.05, 0.1) is 6.54 Å². The van der Waals surface area contributed by atoms with E-state index in [-0.39, 0.29) is 5.91 Å². The molecule has 1 amide bonds. The smallest absolute Gasteiger partial charge is 0.234 e. The lowest BCUT2D eigenvalue weighted by Gasteiger charge is -2.28. The van der Waals surface area contributed by atoms with Gasteiger partial charge in [-0.05, 0) is 38.5 Å². The van der Waals surface area contributed by atoms with Crippen LogP contribution in [0.15, 0.2) is 0 Å². The van der Waals surface area contributed by atoms with E-state index in [4.69, 9.17) is 0 Å². The molecule has 0 aromatic carbocycles. The van der Waals surface area contributed by atoms with Crippen LogP contribution in [0.25, 0.3) is 0 Å². The summed E-state index contributed by atoms with van der Waals surface area (Å²) in [5, 5.41) is 6.61. The van der Waals surface area contributed by atoms with E-state index in [0.717, 1.165) is 5.92 Å². The highest BCUT2D eigenvalue weighted by molar-refractivity contribution is 5.78. The molecule has 0 heterocycles. The number of hydrogen-bond acceptors (Lipinski definition) is 2. The Morgan fingerprint density at radius 1 is 1.00 bits per heavy atom. The quantitative estimate of drug-likeness (QED) is 0.803. The molecule has 0 aliphatic heterocycles. The van der Waals surface area contributed by atoms with Gasteiger partial charge in [0.15, 0.2) is 0 Å². The first-order valence-corrected chi connectivity index (χ1v) is 8.28. The zero-order chi connectivity index (χ0) is 13.5. The molecule has 2 aliphatic rings. The Kier molecular flexibility index (Phi) is 6.15. The molecular weight excluding hydrogens is 236 g/mol. The molecule has 0 spiro atoms. The molecule has 2 rings (SSSR count). The minimum absolute atomic E-state index is 0.189. The molecule has 0 saturated heterocycles. The van der Waals surface area contributed by atoms with E-state index in [1.54, 1.807) is 0 Å². The topological polar surface area (TPSA) is 41.1 Å². The Balaban J connectivity index is 1.61. The van der Waals surface area contributed by atoms with Crippen LogP contribution in [0.3, 0.4) is 0 Å². The van der Waals surface area contributed by atoms with Crippen LogP contribution in [0.2, 0.25) is 0 Å². The second-order valence-electron chi connectivity index (χ2n) is 6.47. The molecule has 2 fully saturated rings. The van der Waals surface area contributed by atoms with Crippen LogP contribution in [0.4, 0.5) is 0 Å². The standard InChI is InChI=1S/C16H30N2O/c1-13(14-8-4-2-5-9-14)17-12-16(19)18-15-10-6-3-7-11-15/h13-15,17H,2-12H2,1H3,(H,18,19). The van der Waals surface area contributed by atoms with Crippen molar-refractivity contribution in [2.75, 3.05) is 6.54 Å². The van der Waals surface area contributed by atoms with E-state index in [2.05, 4.69) is 17.6 Å². The fourth-order valence-corrected chi connectivity index (χ4v) is 3.58. The van der Waals surface area contributed by atoms with E-state index < -0.39 is 0 Å². The van der Waals surface area contributed by atoms with Gasteiger partial charge in [0.1, 0.15) is 0 Å². The number of hydrogen-bond donors (Lipinski definition) is 2. The number of rotatable bonds is 5. The van der Waals surface area contributed by atoms with E-state index in [1.165, 1.54) is 64.2 Å². The van der Waals surface area contributed by atoms with Crippen molar-refractivity contribution in [1.82, 2.24) is 10.6 Å². The van der Waals surface area contributed by atoms with Crippen molar-refractivity contribution in [3.05, 3.63) is 0 Å². The summed E-state index contributed by atoms with van der Waals surface area (Å²) in [7, 11) is 0. The van der Waals surface area contributed by atoms with E-state index in [1.807, 2.05) is 0 Å². The first-order chi connectivity index (χ1) is 9.25. The predicted octanol–water partition coefficient (Wildman–Crippen LogP) is 2.99. The van der Waals surface area contributed by atoms with Crippen LogP contribution < -0.4 is 10.6 Å². The predicted molar refractivity (Wildman–Crippen MR) is 79.1 cm³/mol. The van der Waals surface area contributed by atoms with Crippen molar-refractivity contribution in [1.29, 1.82) is 0 Å². The molecule has 2 saturated carbocycles. The van der Waals surface area contributed by atoms with Crippen LogP contribution in [-0.4, -0.2) is 24.5 Å². The number of nitrogens with one attached hydrogen (secondary N) is 2. The molecule has 0 aromatic rings. The van der Waals surface area contributed by atoms with Crippen LogP contribution in [-0.2, 0) is 4.79 Å². The summed E-state index contributed by atoms with van der Waals surface area (Å²) in [5.41, 5.74) is 0. The second-order valence-corrected chi connectivity index (χ2v) is 6.47. The highest BCUT2D eigenvalue weighted by Crippen LogP contribution is 2.26. The molecule has 19 heavy (non-hydrogen) atoms. The van der Waals surface area contributed by atoms with E-state index in [0.29, 0.717) is 18.6 Å². The lowest BCUT2D eigenvalue weighted by atomic mass is 9.84. The minimum Gasteiger partial charge on any atom is -0.352 e. The summed E-state index contributed by atoms with van der Waals surface area (Å²) in [6.45, 7) is 2.73. The van der Waals surface area contributed by atoms with Gasteiger partial charge < -0.3 is 10.6 Å². The Hall–Kier alpha value is -0.570. The van der Waals surface area contributed by atoms with Crippen molar-refractivity contribution < 1.29 is 4.79 Å². The van der Waals surface area contributed by atoms with Crippen LogP contribution in [0.5, 0.6) is 0 Å². The van der Waals surface area contributed by atoms with E-state index >= 15 is 0 Å². The van der Waals surface area contributed by atoms with Gasteiger partial charge in [0.2, 0.25) is 5.91 Å². The average Bonchev–Trinajstić information content (AvgIpc) is 2.47. The highest BCUT2D eigenvalue weighted by Gasteiger charge is 2.21. The maximum atomic E-state index is 11.9. The van der Waals surface area contributed by atoms with Crippen molar-refractivity contribution in [2.45, 2.75) is 83.2 Å². The Bertz CT molecular complexity index is 268. The molecule has 1 unspecified atom stereocenters. The molecule has 3 heteroatoms. The number of carbonyl (C=O) groups excluding carboxylic acids is 1. The Morgan fingerprint density at radius 2 is 1.58 bits per heavy atom. The first kappa shape index (κ1) is 14.8. The van der Waals surface area contributed by atoms with Gasteiger partial charge in [-0.2, -0.15) is 0 Å². The third-order valence-corrected chi connectivity index (χ3v) is 4.91. The zero-order valence-electron chi connectivity index (χ0n) is 12.4. The number of amides is 1. The third-order valence-electron chi connectivity index (χ3n) is 4.91. The minimum atomic E-state index is 0.189. The molecule has 3 nitrogen and oxygen atoms in total. The summed E-state index contributed by atoms with van der Waals surface area (Å²) in [5.74, 6) is 0.964. The van der Waals surface area contributed by atoms with Gasteiger partial charge in [-0.25, -0.2) is 0 Å². The van der Waals surface area contributed by atoms with Crippen LogP contribution in [0.1, 0.15) is 71.1 Å². The summed E-state index contributed by atoms with van der Waals surface area (Å²) < 4.78 is 0. The molecule has 2 aliphatic carbocycles. The summed E-state index contributed by atoms with van der Waals surface area (Å²) in [6.07, 6.45) is 13.0. The lowest BCUT2D eigenvalue weighted by Crippen LogP contribution is -2.45. The summed E-state index contributed by atoms with van der Waals surface area (Å²) in [4.78, 5) is 11.9. The molecule has 0 bridgehead atoms. The summed E-state index contributed by atoms with van der Waals surface area (Å²) >= 11 is 0. The molecule has 0 radical (unpaired) electrons. The van der Waals surface area contributed by atoms with E-state index in [9.17, 15) is 4.79 Å². The normalized spacial score (nSPS) is 24.1. The van der Waals surface area contributed by atoms with Crippen molar-refractivity contribution in [3.8, 4) is 0 Å². The Labute approximate surface area is 117 Å². The third kappa shape index (κ3) is 5.13. The summed E-state index contributed by atoms with van der Waals surface area (Å²) in [6, 6.07) is 0.922. The van der Waals surface area contributed by atoms with Crippen molar-refractivity contribution >= 4 is 5.91 Å².